The summed E-state index contributed by atoms with van der Waals surface area (Å²) < 4.78 is 4.93. The maximum atomic E-state index is 12.6. The van der Waals surface area contributed by atoms with Gasteiger partial charge in [0, 0.05) is 23.1 Å². The molecule has 160 valence electrons. The van der Waals surface area contributed by atoms with Crippen LogP contribution < -0.4 is 4.90 Å². The van der Waals surface area contributed by atoms with Crippen LogP contribution in [0.15, 0.2) is 91.0 Å². The summed E-state index contributed by atoms with van der Waals surface area (Å²) in [5, 5.41) is 10.7. The fourth-order valence-electron chi connectivity index (χ4n) is 3.67. The van der Waals surface area contributed by atoms with E-state index in [-0.39, 0.29) is 6.42 Å². The number of carboxylic acid groups (broad SMARTS) is 1. The normalized spacial score (nSPS) is 11.7. The number of nitrogens with zero attached hydrogens (tertiary/aromatic N) is 2. The Balaban J connectivity index is 1.73. The number of benzene rings is 3. The molecule has 6 nitrogen and oxygen atoms in total. The Morgan fingerprint density at radius 3 is 2.28 bits per heavy atom. The first-order valence-corrected chi connectivity index (χ1v) is 10.2. The van der Waals surface area contributed by atoms with E-state index in [1.165, 1.54) is 12.0 Å². The standard InChI is InChI=1S/C26H22N2O4/c1-32-26(31)28(24(25(29)30)16-18-8-4-2-5-9-18)21-13-15-23-20(17-21)12-14-22(27-23)19-10-6-3-7-11-19/h2-15,17,24H,16H2,1H3,(H,29,30)/t24-/m1/s1. The number of pyridine rings is 1. The van der Waals surface area contributed by atoms with Crippen LogP contribution in [-0.2, 0) is 16.0 Å². The van der Waals surface area contributed by atoms with Gasteiger partial charge >= 0.3 is 12.1 Å². The molecule has 0 radical (unpaired) electrons. The minimum atomic E-state index is -1.13. The number of fused-ring (bicyclic) bond motifs is 1. The number of aromatic nitrogens is 1. The highest BCUT2D eigenvalue weighted by Crippen LogP contribution is 2.27. The number of anilines is 1. The molecule has 1 atom stereocenters. The lowest BCUT2D eigenvalue weighted by Crippen LogP contribution is -2.46. The molecule has 0 aliphatic carbocycles. The molecular weight excluding hydrogens is 404 g/mol. The number of carboxylic acids is 1. The van der Waals surface area contributed by atoms with E-state index in [1.54, 1.807) is 18.2 Å². The fourth-order valence-corrected chi connectivity index (χ4v) is 3.67. The maximum absolute atomic E-state index is 12.6. The van der Waals surface area contributed by atoms with E-state index in [9.17, 15) is 14.7 Å². The van der Waals surface area contributed by atoms with Crippen LogP contribution in [0.25, 0.3) is 22.2 Å². The third kappa shape index (κ3) is 4.44. The number of carbonyl (C=O) groups is 2. The van der Waals surface area contributed by atoms with E-state index in [0.29, 0.717) is 5.69 Å². The molecule has 0 spiro atoms. The Kier molecular flexibility index (Phi) is 6.12. The van der Waals surface area contributed by atoms with Gasteiger partial charge in [0.1, 0.15) is 6.04 Å². The molecule has 1 aromatic heterocycles. The van der Waals surface area contributed by atoms with Crippen molar-refractivity contribution in [1.29, 1.82) is 0 Å². The van der Waals surface area contributed by atoms with Crippen molar-refractivity contribution in [2.75, 3.05) is 12.0 Å². The average Bonchev–Trinajstić information content (AvgIpc) is 2.84. The van der Waals surface area contributed by atoms with Gasteiger partial charge in [-0.1, -0.05) is 66.7 Å². The fraction of sp³-hybridized carbons (Fsp3) is 0.115. The Hall–Kier alpha value is -4.19. The summed E-state index contributed by atoms with van der Waals surface area (Å²) >= 11 is 0. The Bertz CT molecular complexity index is 1240. The van der Waals surface area contributed by atoms with Crippen LogP contribution in [0.2, 0.25) is 0 Å². The van der Waals surface area contributed by atoms with Crippen molar-refractivity contribution in [3.63, 3.8) is 0 Å². The van der Waals surface area contributed by atoms with E-state index in [1.807, 2.05) is 72.8 Å². The van der Waals surface area contributed by atoms with Crippen LogP contribution in [0.1, 0.15) is 5.56 Å². The third-order valence-electron chi connectivity index (χ3n) is 5.26. The molecule has 4 rings (SSSR count). The van der Waals surface area contributed by atoms with Crippen molar-refractivity contribution in [3.8, 4) is 11.3 Å². The molecule has 0 aliphatic heterocycles. The van der Waals surface area contributed by atoms with E-state index in [2.05, 4.69) is 0 Å². The Labute approximate surface area is 185 Å². The van der Waals surface area contributed by atoms with Gasteiger partial charge in [0.05, 0.1) is 18.3 Å². The zero-order chi connectivity index (χ0) is 22.5. The molecule has 1 amide bonds. The first kappa shape index (κ1) is 21.1. The van der Waals surface area contributed by atoms with Gasteiger partial charge < -0.3 is 9.84 Å². The van der Waals surface area contributed by atoms with E-state index in [0.717, 1.165) is 27.7 Å². The molecule has 0 saturated carbocycles. The van der Waals surface area contributed by atoms with Crippen LogP contribution in [0.5, 0.6) is 0 Å². The van der Waals surface area contributed by atoms with Gasteiger partial charge in [-0.2, -0.15) is 0 Å². The molecule has 4 aromatic rings. The Morgan fingerprint density at radius 2 is 1.62 bits per heavy atom. The van der Waals surface area contributed by atoms with Gasteiger partial charge in [-0.3, -0.25) is 4.90 Å². The number of amides is 1. The van der Waals surface area contributed by atoms with Gasteiger partial charge in [-0.15, -0.1) is 0 Å². The second-order valence-electron chi connectivity index (χ2n) is 7.32. The molecule has 1 N–H and O–H groups in total. The minimum Gasteiger partial charge on any atom is -0.480 e. The molecule has 0 aliphatic rings. The molecule has 0 bridgehead atoms. The smallest absolute Gasteiger partial charge is 0.414 e. The minimum absolute atomic E-state index is 0.147. The highest BCUT2D eigenvalue weighted by Gasteiger charge is 2.32. The van der Waals surface area contributed by atoms with Crippen LogP contribution in [0.3, 0.4) is 0 Å². The first-order chi connectivity index (χ1) is 15.6. The van der Waals surface area contributed by atoms with Crippen molar-refractivity contribution in [1.82, 2.24) is 4.98 Å². The largest absolute Gasteiger partial charge is 0.480 e. The van der Waals surface area contributed by atoms with Crippen molar-refractivity contribution in [2.24, 2.45) is 0 Å². The van der Waals surface area contributed by atoms with Gasteiger partial charge in [-0.25, -0.2) is 14.6 Å². The lowest BCUT2D eigenvalue weighted by atomic mass is 10.0. The highest BCUT2D eigenvalue weighted by atomic mass is 16.5. The number of ether oxygens (including phenoxy) is 1. The van der Waals surface area contributed by atoms with Gasteiger partial charge in [0.2, 0.25) is 0 Å². The predicted molar refractivity (Wildman–Crippen MR) is 124 cm³/mol. The van der Waals surface area contributed by atoms with Crippen LogP contribution >= 0.6 is 0 Å². The molecule has 3 aromatic carbocycles. The highest BCUT2D eigenvalue weighted by molar-refractivity contribution is 5.97. The SMILES string of the molecule is COC(=O)N(c1ccc2nc(-c3ccccc3)ccc2c1)[C@H](Cc1ccccc1)C(=O)O. The summed E-state index contributed by atoms with van der Waals surface area (Å²) in [5.74, 6) is -1.11. The van der Waals surface area contributed by atoms with Gasteiger partial charge in [-0.05, 0) is 29.8 Å². The van der Waals surface area contributed by atoms with Crippen molar-refractivity contribution >= 4 is 28.7 Å². The van der Waals surface area contributed by atoms with E-state index in [4.69, 9.17) is 9.72 Å². The molecule has 32 heavy (non-hydrogen) atoms. The number of hydrogen-bond donors (Lipinski definition) is 1. The average molecular weight is 426 g/mol. The van der Waals surface area contributed by atoms with Crippen molar-refractivity contribution in [2.45, 2.75) is 12.5 Å². The molecular formula is C26H22N2O4. The van der Waals surface area contributed by atoms with Crippen LogP contribution in [-0.4, -0.2) is 35.3 Å². The van der Waals surface area contributed by atoms with Gasteiger partial charge in [0.15, 0.2) is 0 Å². The molecule has 6 heteroatoms. The molecule has 0 saturated heterocycles. The second-order valence-corrected chi connectivity index (χ2v) is 7.32. The monoisotopic (exact) mass is 426 g/mol. The predicted octanol–water partition coefficient (Wildman–Crippen LogP) is 5.17. The van der Waals surface area contributed by atoms with E-state index < -0.39 is 18.1 Å². The number of carbonyl (C=O) groups excluding carboxylic acids is 1. The topological polar surface area (TPSA) is 79.7 Å². The van der Waals surface area contributed by atoms with Crippen LogP contribution in [0, 0.1) is 0 Å². The summed E-state index contributed by atoms with van der Waals surface area (Å²) in [6.07, 6.45) is -0.587. The lowest BCUT2D eigenvalue weighted by molar-refractivity contribution is -0.138. The summed E-state index contributed by atoms with van der Waals surface area (Å²) in [6, 6.07) is 27.0. The first-order valence-electron chi connectivity index (χ1n) is 10.2. The molecule has 0 fully saturated rings. The zero-order valence-corrected chi connectivity index (χ0v) is 17.5. The summed E-state index contributed by atoms with van der Waals surface area (Å²) in [6.45, 7) is 0. The quantitative estimate of drug-likeness (QED) is 0.460. The zero-order valence-electron chi connectivity index (χ0n) is 17.5. The van der Waals surface area contributed by atoms with Gasteiger partial charge in [0.25, 0.3) is 0 Å². The number of aliphatic carboxylic acids is 1. The molecule has 0 unspecified atom stereocenters. The second kappa shape index (κ2) is 9.31. The number of hydrogen-bond acceptors (Lipinski definition) is 4. The van der Waals surface area contributed by atoms with Crippen LogP contribution in [0.4, 0.5) is 10.5 Å². The lowest BCUT2D eigenvalue weighted by Gasteiger charge is -2.28. The Morgan fingerprint density at radius 1 is 0.938 bits per heavy atom. The summed E-state index contributed by atoms with van der Waals surface area (Å²) in [7, 11) is 1.24. The van der Waals surface area contributed by atoms with Crippen molar-refractivity contribution in [3.05, 3.63) is 96.6 Å². The van der Waals surface area contributed by atoms with Crippen molar-refractivity contribution < 1.29 is 19.4 Å². The maximum Gasteiger partial charge on any atom is 0.414 e. The number of rotatable bonds is 6. The number of methoxy groups -OCH3 is 1. The summed E-state index contributed by atoms with van der Waals surface area (Å²) in [4.78, 5) is 30.7. The molecule has 1 heterocycles. The summed E-state index contributed by atoms with van der Waals surface area (Å²) in [5.41, 5.74) is 3.83. The van der Waals surface area contributed by atoms with E-state index >= 15 is 0 Å². The third-order valence-corrected chi connectivity index (χ3v) is 5.26.